The third-order valence-corrected chi connectivity index (χ3v) is 2.06. The van der Waals surface area contributed by atoms with E-state index in [-0.39, 0.29) is 6.42 Å². The first kappa shape index (κ1) is 16.0. The van der Waals surface area contributed by atoms with E-state index in [9.17, 15) is 26.3 Å². The van der Waals surface area contributed by atoms with Crippen molar-refractivity contribution in [2.75, 3.05) is 6.54 Å². The average molecular weight is 262 g/mol. The molecule has 2 nitrogen and oxygen atoms in total. The van der Waals surface area contributed by atoms with Crippen molar-refractivity contribution in [2.24, 2.45) is 0 Å². The van der Waals surface area contributed by atoms with Crippen molar-refractivity contribution in [2.45, 2.75) is 44.1 Å². The van der Waals surface area contributed by atoms with Gasteiger partial charge >= 0.3 is 12.4 Å². The number of nitrogens with zero attached hydrogens (tertiary/aromatic N) is 1. The summed E-state index contributed by atoms with van der Waals surface area (Å²) in [5.41, 5.74) is -1.60. The fourth-order valence-corrected chi connectivity index (χ4v) is 1.12. The van der Waals surface area contributed by atoms with E-state index in [1.807, 2.05) is 5.32 Å². The summed E-state index contributed by atoms with van der Waals surface area (Å²) in [4.78, 5) is 0. The van der Waals surface area contributed by atoms with Crippen LogP contribution in [0.1, 0.15) is 26.2 Å². The van der Waals surface area contributed by atoms with Gasteiger partial charge < -0.3 is 0 Å². The molecule has 0 bridgehead atoms. The van der Waals surface area contributed by atoms with Crippen LogP contribution in [0.5, 0.6) is 0 Å². The summed E-state index contributed by atoms with van der Waals surface area (Å²) in [7, 11) is 0. The smallest absolute Gasteiger partial charge is 0.291 e. The normalized spacial score (nSPS) is 16.4. The Labute approximate surface area is 94.6 Å². The first-order valence-corrected chi connectivity index (χ1v) is 4.77. The molecule has 1 atom stereocenters. The zero-order chi connectivity index (χ0) is 13.7. The van der Waals surface area contributed by atoms with Gasteiger partial charge in [0.05, 0.1) is 12.6 Å². The molecule has 0 spiro atoms. The molecule has 0 saturated heterocycles. The Hall–Kier alpha value is -0.970. The maximum atomic E-state index is 11.9. The van der Waals surface area contributed by atoms with Crippen LogP contribution in [0.3, 0.4) is 0 Å². The molecular weight excluding hydrogens is 250 g/mol. The lowest BCUT2D eigenvalue weighted by atomic mass is 9.96. The standard InChI is InChI=1S/C9H12F6N2/c1-7(5-16,17-6-9(13,14)15)3-2-4-8(10,11)12/h17H,2-4,6H2,1H3. The fraction of sp³-hybridized carbons (Fsp3) is 0.889. The van der Waals surface area contributed by atoms with Crippen molar-refractivity contribution in [3.63, 3.8) is 0 Å². The van der Waals surface area contributed by atoms with Crippen molar-refractivity contribution in [3.8, 4) is 6.07 Å². The number of rotatable bonds is 5. The second kappa shape index (κ2) is 5.58. The van der Waals surface area contributed by atoms with E-state index >= 15 is 0 Å². The van der Waals surface area contributed by atoms with Crippen molar-refractivity contribution in [1.82, 2.24) is 5.32 Å². The molecule has 8 heteroatoms. The Morgan fingerprint density at radius 1 is 1.00 bits per heavy atom. The quantitative estimate of drug-likeness (QED) is 0.772. The zero-order valence-electron chi connectivity index (χ0n) is 9.04. The summed E-state index contributed by atoms with van der Waals surface area (Å²) in [5.74, 6) is 0. The van der Waals surface area contributed by atoms with Crippen LogP contribution >= 0.6 is 0 Å². The van der Waals surface area contributed by atoms with Gasteiger partial charge in [0.1, 0.15) is 5.54 Å². The van der Waals surface area contributed by atoms with E-state index in [4.69, 9.17) is 5.26 Å². The molecule has 0 heterocycles. The first-order chi connectivity index (χ1) is 7.47. The van der Waals surface area contributed by atoms with E-state index in [1.165, 1.54) is 0 Å². The molecule has 1 N–H and O–H groups in total. The van der Waals surface area contributed by atoms with Crippen LogP contribution in [0.15, 0.2) is 0 Å². The summed E-state index contributed by atoms with van der Waals surface area (Å²) in [6.07, 6.45) is -10.7. The number of hydrogen-bond donors (Lipinski definition) is 1. The van der Waals surface area contributed by atoms with Crippen LogP contribution in [0, 0.1) is 11.3 Å². The van der Waals surface area contributed by atoms with Gasteiger partial charge in [0, 0.05) is 6.42 Å². The summed E-state index contributed by atoms with van der Waals surface area (Å²) in [5, 5.41) is 10.6. The molecule has 0 aromatic rings. The van der Waals surface area contributed by atoms with Gasteiger partial charge in [0.15, 0.2) is 0 Å². The highest BCUT2D eigenvalue weighted by molar-refractivity contribution is 5.03. The number of nitriles is 1. The largest absolute Gasteiger partial charge is 0.401 e. The van der Waals surface area contributed by atoms with Crippen LogP contribution in [0.4, 0.5) is 26.3 Å². The summed E-state index contributed by atoms with van der Waals surface area (Å²) in [6, 6.07) is 1.56. The van der Waals surface area contributed by atoms with E-state index in [2.05, 4.69) is 0 Å². The molecule has 0 fully saturated rings. The van der Waals surface area contributed by atoms with Crippen LogP contribution in [0.2, 0.25) is 0 Å². The second-order valence-corrected chi connectivity index (χ2v) is 3.88. The molecule has 0 aliphatic rings. The van der Waals surface area contributed by atoms with Gasteiger partial charge in [0.2, 0.25) is 0 Å². The molecule has 0 saturated carbocycles. The summed E-state index contributed by atoms with van der Waals surface area (Å²) < 4.78 is 71.1. The highest BCUT2D eigenvalue weighted by atomic mass is 19.4. The Bertz CT molecular complexity index is 277. The molecule has 0 aromatic carbocycles. The minimum atomic E-state index is -4.50. The van der Waals surface area contributed by atoms with Crippen molar-refractivity contribution in [1.29, 1.82) is 5.26 Å². The minimum Gasteiger partial charge on any atom is -0.291 e. The number of alkyl halides is 6. The van der Waals surface area contributed by atoms with E-state index in [0.717, 1.165) is 6.92 Å². The summed E-state index contributed by atoms with van der Waals surface area (Å²) in [6.45, 7) is -0.252. The van der Waals surface area contributed by atoms with Gasteiger partial charge in [-0.3, -0.25) is 5.32 Å². The lowest BCUT2D eigenvalue weighted by Gasteiger charge is -2.24. The van der Waals surface area contributed by atoms with Crippen LogP contribution in [-0.4, -0.2) is 24.4 Å². The summed E-state index contributed by atoms with van der Waals surface area (Å²) >= 11 is 0. The molecule has 0 aromatic heterocycles. The molecule has 0 rings (SSSR count). The zero-order valence-corrected chi connectivity index (χ0v) is 9.04. The Morgan fingerprint density at radius 3 is 1.88 bits per heavy atom. The third-order valence-electron chi connectivity index (χ3n) is 2.06. The molecule has 0 aliphatic carbocycles. The van der Waals surface area contributed by atoms with Gasteiger partial charge in [-0.2, -0.15) is 31.6 Å². The monoisotopic (exact) mass is 262 g/mol. The molecular formula is C9H12F6N2. The van der Waals surface area contributed by atoms with Crippen molar-refractivity contribution in [3.05, 3.63) is 0 Å². The number of hydrogen-bond acceptors (Lipinski definition) is 2. The van der Waals surface area contributed by atoms with Crippen molar-refractivity contribution < 1.29 is 26.3 Å². The molecule has 0 amide bonds. The maximum absolute atomic E-state index is 11.9. The molecule has 0 radical (unpaired) electrons. The first-order valence-electron chi connectivity index (χ1n) is 4.77. The lowest BCUT2D eigenvalue weighted by molar-refractivity contribution is -0.137. The van der Waals surface area contributed by atoms with E-state index < -0.39 is 37.3 Å². The molecule has 0 aliphatic heterocycles. The number of nitrogens with one attached hydrogen (secondary N) is 1. The van der Waals surface area contributed by atoms with E-state index in [0.29, 0.717) is 0 Å². The van der Waals surface area contributed by atoms with Gasteiger partial charge in [-0.05, 0) is 19.8 Å². The minimum absolute atomic E-state index is 0.293. The highest BCUT2D eigenvalue weighted by Gasteiger charge is 2.34. The highest BCUT2D eigenvalue weighted by Crippen LogP contribution is 2.25. The Balaban J connectivity index is 4.17. The molecule has 1 unspecified atom stereocenters. The third kappa shape index (κ3) is 8.80. The Kier molecular flexibility index (Phi) is 5.26. The predicted octanol–water partition coefficient (Wildman–Crippen LogP) is 3.15. The molecule has 17 heavy (non-hydrogen) atoms. The fourth-order valence-electron chi connectivity index (χ4n) is 1.12. The SMILES string of the molecule is CC(C#N)(CCCC(F)(F)F)NCC(F)(F)F. The van der Waals surface area contributed by atoms with Gasteiger partial charge in [0.25, 0.3) is 0 Å². The van der Waals surface area contributed by atoms with Gasteiger partial charge in [-0.25, -0.2) is 0 Å². The van der Waals surface area contributed by atoms with E-state index in [1.54, 1.807) is 6.07 Å². The number of halogens is 6. The van der Waals surface area contributed by atoms with Crippen LogP contribution in [-0.2, 0) is 0 Å². The molecule has 100 valence electrons. The van der Waals surface area contributed by atoms with Gasteiger partial charge in [-0.15, -0.1) is 0 Å². The van der Waals surface area contributed by atoms with Crippen LogP contribution in [0.25, 0.3) is 0 Å². The topological polar surface area (TPSA) is 35.8 Å². The second-order valence-electron chi connectivity index (χ2n) is 3.88. The predicted molar refractivity (Wildman–Crippen MR) is 48.0 cm³/mol. The average Bonchev–Trinajstić information content (AvgIpc) is 2.12. The lowest BCUT2D eigenvalue weighted by Crippen LogP contribution is -2.45. The maximum Gasteiger partial charge on any atom is 0.401 e. The van der Waals surface area contributed by atoms with Gasteiger partial charge in [-0.1, -0.05) is 0 Å². The van der Waals surface area contributed by atoms with Crippen LogP contribution < -0.4 is 5.32 Å². The van der Waals surface area contributed by atoms with Crippen molar-refractivity contribution >= 4 is 0 Å². The Morgan fingerprint density at radius 2 is 1.53 bits per heavy atom.